The van der Waals surface area contributed by atoms with E-state index in [-0.39, 0.29) is 35.4 Å². The summed E-state index contributed by atoms with van der Waals surface area (Å²) < 4.78 is 1.51. The van der Waals surface area contributed by atoms with Crippen LogP contribution < -0.4 is 16.6 Å². The number of nitrogens with one attached hydrogen (secondary N) is 1. The van der Waals surface area contributed by atoms with E-state index in [1.165, 1.54) is 10.6 Å². The number of hydrogen-bond acceptors (Lipinski definition) is 4. The van der Waals surface area contributed by atoms with E-state index >= 15 is 0 Å². The van der Waals surface area contributed by atoms with Crippen LogP contribution in [0, 0.1) is 5.92 Å². The van der Waals surface area contributed by atoms with Crippen molar-refractivity contribution in [2.45, 2.75) is 24.9 Å². The zero-order chi connectivity index (χ0) is 19.0. The number of benzene rings is 1. The monoisotopic (exact) mass is 366 g/mol. The van der Waals surface area contributed by atoms with Crippen molar-refractivity contribution in [1.82, 2.24) is 14.8 Å². The second-order valence-corrected chi connectivity index (χ2v) is 7.22. The lowest BCUT2D eigenvalue weighted by Gasteiger charge is -2.17. The number of rotatable bonds is 4. The standard InChI is InChI=1S/C20H22N4O3/c21-16-11-23(20(27)14-4-5-14)12-17(16)22-19(26)13-6-8-15(9-7-13)24-10-2-1-3-18(24)25/h1-3,6-10,14,16-17H,4-5,11-12,21H2,(H,22,26). The zero-order valence-corrected chi connectivity index (χ0v) is 14.9. The average Bonchev–Trinajstić information content (AvgIpc) is 3.46. The van der Waals surface area contributed by atoms with Crippen LogP contribution >= 0.6 is 0 Å². The molecule has 1 aromatic carbocycles. The molecule has 7 nitrogen and oxygen atoms in total. The summed E-state index contributed by atoms with van der Waals surface area (Å²) in [5.74, 6) is 0.0728. The molecule has 140 valence electrons. The molecule has 1 aliphatic heterocycles. The van der Waals surface area contributed by atoms with Crippen LogP contribution in [0.25, 0.3) is 5.69 Å². The lowest BCUT2D eigenvalue weighted by Crippen LogP contribution is -2.46. The fraction of sp³-hybridized carbons (Fsp3) is 0.350. The van der Waals surface area contributed by atoms with Gasteiger partial charge in [0.15, 0.2) is 0 Å². The Hall–Kier alpha value is -2.93. The lowest BCUT2D eigenvalue weighted by molar-refractivity contribution is -0.131. The summed E-state index contributed by atoms with van der Waals surface area (Å²) in [6, 6.07) is 11.2. The number of likely N-dealkylation sites (tertiary alicyclic amines) is 1. The van der Waals surface area contributed by atoms with Gasteiger partial charge in [-0.1, -0.05) is 6.07 Å². The molecule has 2 unspecified atom stereocenters. The molecule has 0 bridgehead atoms. The molecule has 1 saturated heterocycles. The maximum atomic E-state index is 12.5. The largest absolute Gasteiger partial charge is 0.346 e. The quantitative estimate of drug-likeness (QED) is 0.824. The van der Waals surface area contributed by atoms with Gasteiger partial charge in [0.25, 0.3) is 11.5 Å². The first-order valence-corrected chi connectivity index (χ1v) is 9.16. The molecule has 7 heteroatoms. The van der Waals surface area contributed by atoms with Crippen molar-refractivity contribution >= 4 is 11.8 Å². The molecular weight excluding hydrogens is 344 g/mol. The molecule has 2 atom stereocenters. The van der Waals surface area contributed by atoms with Gasteiger partial charge in [0.05, 0.1) is 6.04 Å². The van der Waals surface area contributed by atoms with Gasteiger partial charge in [0.2, 0.25) is 5.91 Å². The van der Waals surface area contributed by atoms with E-state index in [1.807, 2.05) is 0 Å². The Labute approximate surface area is 156 Å². The van der Waals surface area contributed by atoms with E-state index in [4.69, 9.17) is 5.73 Å². The fourth-order valence-corrected chi connectivity index (χ4v) is 3.42. The van der Waals surface area contributed by atoms with Gasteiger partial charge < -0.3 is 16.0 Å². The molecule has 2 amide bonds. The Bertz CT molecular complexity index is 917. The second-order valence-electron chi connectivity index (χ2n) is 7.22. The third-order valence-corrected chi connectivity index (χ3v) is 5.15. The molecule has 0 radical (unpaired) electrons. The van der Waals surface area contributed by atoms with Gasteiger partial charge in [0.1, 0.15) is 0 Å². The summed E-state index contributed by atoms with van der Waals surface area (Å²) in [5, 5.41) is 2.93. The molecule has 2 heterocycles. The van der Waals surface area contributed by atoms with Crippen molar-refractivity contribution in [3.05, 3.63) is 64.6 Å². The van der Waals surface area contributed by atoms with E-state index < -0.39 is 0 Å². The van der Waals surface area contributed by atoms with E-state index in [2.05, 4.69) is 5.32 Å². The first-order chi connectivity index (χ1) is 13.0. The van der Waals surface area contributed by atoms with E-state index in [9.17, 15) is 14.4 Å². The van der Waals surface area contributed by atoms with Crippen LogP contribution in [0.3, 0.4) is 0 Å². The number of aromatic nitrogens is 1. The minimum Gasteiger partial charge on any atom is -0.346 e. The van der Waals surface area contributed by atoms with Gasteiger partial charge >= 0.3 is 0 Å². The van der Waals surface area contributed by atoms with Crippen molar-refractivity contribution in [3.63, 3.8) is 0 Å². The molecule has 2 fully saturated rings. The third kappa shape index (κ3) is 3.64. The zero-order valence-electron chi connectivity index (χ0n) is 14.9. The van der Waals surface area contributed by atoms with Crippen LogP contribution in [0.2, 0.25) is 0 Å². The highest BCUT2D eigenvalue weighted by Gasteiger charge is 2.40. The van der Waals surface area contributed by atoms with Gasteiger partial charge in [-0.15, -0.1) is 0 Å². The van der Waals surface area contributed by atoms with Crippen LogP contribution in [0.1, 0.15) is 23.2 Å². The Morgan fingerprint density at radius 1 is 1.04 bits per heavy atom. The lowest BCUT2D eigenvalue weighted by atomic mass is 10.1. The summed E-state index contributed by atoms with van der Waals surface area (Å²) in [6.07, 6.45) is 3.59. The van der Waals surface area contributed by atoms with Gasteiger partial charge in [0, 0.05) is 48.6 Å². The Morgan fingerprint density at radius 2 is 1.78 bits per heavy atom. The van der Waals surface area contributed by atoms with E-state index in [1.54, 1.807) is 47.5 Å². The predicted octanol–water partition coefficient (Wildman–Crippen LogP) is 0.515. The molecule has 27 heavy (non-hydrogen) atoms. The topological polar surface area (TPSA) is 97.4 Å². The molecule has 0 spiro atoms. The summed E-state index contributed by atoms with van der Waals surface area (Å²) in [7, 11) is 0. The number of carbonyl (C=O) groups excluding carboxylic acids is 2. The van der Waals surface area contributed by atoms with E-state index in [0.717, 1.165) is 12.8 Å². The Morgan fingerprint density at radius 3 is 2.44 bits per heavy atom. The fourth-order valence-electron chi connectivity index (χ4n) is 3.42. The minimum absolute atomic E-state index is 0.132. The molecule has 1 aromatic heterocycles. The summed E-state index contributed by atoms with van der Waals surface area (Å²) >= 11 is 0. The number of nitrogens with two attached hydrogens (primary N) is 1. The van der Waals surface area contributed by atoms with E-state index in [0.29, 0.717) is 24.3 Å². The average molecular weight is 366 g/mol. The normalized spacial score (nSPS) is 21.9. The number of pyridine rings is 1. The summed E-state index contributed by atoms with van der Waals surface area (Å²) in [4.78, 5) is 38.4. The Balaban J connectivity index is 1.42. The number of nitrogens with zero attached hydrogens (tertiary/aromatic N) is 2. The second kappa shape index (κ2) is 7.00. The van der Waals surface area contributed by atoms with Crippen LogP contribution in [0.4, 0.5) is 0 Å². The van der Waals surface area contributed by atoms with Gasteiger partial charge in [-0.05, 0) is 43.2 Å². The van der Waals surface area contributed by atoms with Crippen molar-refractivity contribution in [3.8, 4) is 5.69 Å². The summed E-state index contributed by atoms with van der Waals surface area (Å²) in [6.45, 7) is 0.940. The van der Waals surface area contributed by atoms with Crippen LogP contribution in [0.5, 0.6) is 0 Å². The maximum Gasteiger partial charge on any atom is 0.255 e. The van der Waals surface area contributed by atoms with Crippen LogP contribution in [0.15, 0.2) is 53.5 Å². The van der Waals surface area contributed by atoms with Crippen molar-refractivity contribution < 1.29 is 9.59 Å². The molecule has 3 N–H and O–H groups in total. The van der Waals surface area contributed by atoms with Crippen LogP contribution in [-0.2, 0) is 4.79 Å². The highest BCUT2D eigenvalue weighted by molar-refractivity contribution is 5.94. The SMILES string of the molecule is NC1CN(C(=O)C2CC2)CC1NC(=O)c1ccc(-n2ccccc2=O)cc1. The number of amides is 2. The van der Waals surface area contributed by atoms with Crippen molar-refractivity contribution in [1.29, 1.82) is 0 Å². The molecule has 4 rings (SSSR count). The predicted molar refractivity (Wildman–Crippen MR) is 101 cm³/mol. The number of carbonyl (C=O) groups is 2. The smallest absolute Gasteiger partial charge is 0.255 e. The minimum atomic E-state index is -0.265. The van der Waals surface area contributed by atoms with Gasteiger partial charge in [-0.2, -0.15) is 0 Å². The maximum absolute atomic E-state index is 12.5. The molecule has 2 aliphatic rings. The number of hydrogen-bond donors (Lipinski definition) is 2. The molecule has 1 saturated carbocycles. The van der Waals surface area contributed by atoms with Gasteiger partial charge in [-0.3, -0.25) is 19.0 Å². The highest BCUT2D eigenvalue weighted by Crippen LogP contribution is 2.32. The van der Waals surface area contributed by atoms with Crippen LogP contribution in [-0.4, -0.2) is 46.5 Å². The first-order valence-electron chi connectivity index (χ1n) is 9.16. The van der Waals surface area contributed by atoms with Crippen molar-refractivity contribution in [2.24, 2.45) is 11.7 Å². The Kier molecular flexibility index (Phi) is 4.53. The third-order valence-electron chi connectivity index (χ3n) is 5.15. The molecular formula is C20H22N4O3. The first kappa shape index (κ1) is 17.5. The molecule has 2 aromatic rings. The molecule has 1 aliphatic carbocycles. The highest BCUT2D eigenvalue weighted by atomic mass is 16.2. The summed E-state index contributed by atoms with van der Waals surface area (Å²) in [5.41, 5.74) is 7.17. The van der Waals surface area contributed by atoms with Crippen molar-refractivity contribution in [2.75, 3.05) is 13.1 Å². The van der Waals surface area contributed by atoms with Gasteiger partial charge in [-0.25, -0.2) is 0 Å².